The fraction of sp³-hybridized carbons (Fsp3) is 0.500. The molecule has 15 heavy (non-hydrogen) atoms. The van der Waals surface area contributed by atoms with E-state index >= 15 is 0 Å². The Kier molecular flexibility index (Phi) is 19.1. The van der Waals surface area contributed by atoms with Crippen LogP contribution in [0, 0.1) is 0 Å². The fourth-order valence-electron chi connectivity index (χ4n) is 0. The average molecular weight is 1010 g/mol. The first kappa shape index (κ1) is 24.9. The van der Waals surface area contributed by atoms with Crippen molar-refractivity contribution in [2.75, 3.05) is 0 Å². The molecule has 0 bridgehead atoms. The van der Waals surface area contributed by atoms with Gasteiger partial charge in [0.1, 0.15) is 0 Å². The van der Waals surface area contributed by atoms with Gasteiger partial charge in [0.15, 0.2) is -1.13 Å². The molecule has 0 N–H and O–H groups in total. The summed E-state index contributed by atoms with van der Waals surface area (Å²) < 4.78 is -1.57. The molecule has 0 fully saturated rings. The third kappa shape index (κ3) is 18.9. The van der Waals surface area contributed by atoms with E-state index in [1.165, 1.54) is 0 Å². The fourth-order valence-corrected chi connectivity index (χ4v) is 0. The number of carboxylic acids is 2. The normalized spacial score (nSPS) is 10.5. The minimum absolute atomic E-state index is 0. The average Bonchev–Trinajstić information content (AvgIpc) is 1.83. The second-order valence-electron chi connectivity index (χ2n) is 1.57. The second kappa shape index (κ2) is 11.5. The number of rotatable bonds is 2. The van der Waals surface area contributed by atoms with E-state index in [0.29, 0.717) is 0 Å². The Morgan fingerprint density at radius 2 is 0.800 bits per heavy atom. The van der Waals surface area contributed by atoms with E-state index < -0.39 is 10.8 Å². The summed E-state index contributed by atoms with van der Waals surface area (Å²) in [5.41, 5.74) is 0. The zero-order chi connectivity index (χ0) is 12.2. The summed E-state index contributed by atoms with van der Waals surface area (Å²) in [6, 6.07) is 0. The number of carbonyl (C=O) groups excluding carboxylic acids is 2. The van der Waals surface area contributed by atoms with E-state index in [0.717, 1.165) is 0 Å². The van der Waals surface area contributed by atoms with Crippen molar-refractivity contribution in [3.63, 3.8) is 0 Å². The quantitative estimate of drug-likeness (QED) is 0.236. The van der Waals surface area contributed by atoms with Gasteiger partial charge < -0.3 is 19.8 Å². The molecule has 0 rings (SSSR count). The van der Waals surface area contributed by atoms with Crippen LogP contribution in [0.3, 0.4) is 0 Å². The van der Waals surface area contributed by atoms with E-state index in [9.17, 15) is 19.8 Å². The van der Waals surface area contributed by atoms with E-state index in [-0.39, 0.29) is 48.9 Å². The monoisotopic (exact) mass is 1010 g/mol. The van der Waals surface area contributed by atoms with Gasteiger partial charge in [0.2, 0.25) is 0 Å². The summed E-state index contributed by atoms with van der Waals surface area (Å²) in [6.45, 7) is 0. The van der Waals surface area contributed by atoms with Crippen LogP contribution in [0.1, 0.15) is 0 Å². The molecule has 0 radical (unpaired) electrons. The molecule has 0 aromatic carbocycles. The molecular weight excluding hydrogens is 1010 g/mol. The van der Waals surface area contributed by atoms with Crippen molar-refractivity contribution in [3.05, 3.63) is 0 Å². The van der Waals surface area contributed by atoms with E-state index in [1.807, 2.05) is 0 Å². The predicted molar refractivity (Wildman–Crippen MR) is 105 cm³/mol. The van der Waals surface area contributed by atoms with Crippen LogP contribution in [-0.2, 0) is 9.59 Å². The SMILES string of the molecule is O=C([O-])C(I)(I)I.O=C([O-])C(I)(I)I.[Ba+2]. The molecule has 0 spiro atoms. The van der Waals surface area contributed by atoms with Crippen LogP contribution in [0.25, 0.3) is 0 Å². The summed E-state index contributed by atoms with van der Waals surface area (Å²) in [5.74, 6) is -2.09. The predicted octanol–water partition coefficient (Wildman–Crippen LogP) is 1.01. The van der Waals surface area contributed by atoms with Gasteiger partial charge >= 0.3 is 48.9 Å². The van der Waals surface area contributed by atoms with Crippen LogP contribution in [0.2, 0.25) is 0 Å². The molecule has 0 aliphatic heterocycles. The van der Waals surface area contributed by atoms with Gasteiger partial charge in [-0.15, -0.1) is 0 Å². The maximum absolute atomic E-state index is 9.89. The number of hydrogen-bond donors (Lipinski definition) is 0. The molecule has 0 atom stereocenters. The molecule has 0 unspecified atom stereocenters. The van der Waals surface area contributed by atoms with Crippen molar-refractivity contribution < 1.29 is 19.8 Å². The zero-order valence-corrected chi connectivity index (χ0v) is 24.0. The molecule has 0 aromatic rings. The van der Waals surface area contributed by atoms with Gasteiger partial charge in [0.05, 0.1) is 11.9 Å². The Bertz CT molecular complexity index is 196. The summed E-state index contributed by atoms with van der Waals surface area (Å²) in [5, 5.41) is 19.8. The second-order valence-corrected chi connectivity index (χ2v) is 23.7. The Hall–Kier alpha value is 4.89. The molecule has 0 saturated carbocycles. The summed E-state index contributed by atoms with van der Waals surface area (Å²) in [7, 11) is 0. The Labute approximate surface area is 209 Å². The molecule has 0 aliphatic rings. The first-order chi connectivity index (χ1) is 5.89. The van der Waals surface area contributed by atoms with Crippen molar-refractivity contribution in [1.82, 2.24) is 0 Å². The molecular formula is C4BaI6O4. The summed E-state index contributed by atoms with van der Waals surface area (Å²) >= 11 is 10.7. The third-order valence-corrected chi connectivity index (χ3v) is 3.11. The summed E-state index contributed by atoms with van der Waals surface area (Å²) in [4.78, 5) is 19.8. The van der Waals surface area contributed by atoms with Crippen LogP contribution in [0.15, 0.2) is 0 Å². The Balaban J connectivity index is -0.000000180. The smallest absolute Gasteiger partial charge is 0.547 e. The first-order valence-corrected chi connectivity index (χ1v) is 8.92. The van der Waals surface area contributed by atoms with Gasteiger partial charge in [-0.25, -0.2) is 0 Å². The number of alkyl halides is 6. The van der Waals surface area contributed by atoms with Crippen LogP contribution < -0.4 is 10.2 Å². The molecule has 0 heterocycles. The minimum Gasteiger partial charge on any atom is -0.547 e. The van der Waals surface area contributed by atoms with E-state index in [1.54, 1.807) is 136 Å². The van der Waals surface area contributed by atoms with Gasteiger partial charge in [-0.1, -0.05) is 0 Å². The Morgan fingerprint density at radius 3 is 0.800 bits per heavy atom. The number of aliphatic carboxylic acids is 2. The van der Waals surface area contributed by atoms with Crippen LogP contribution in [-0.4, -0.2) is 59.7 Å². The summed E-state index contributed by atoms with van der Waals surface area (Å²) in [6.07, 6.45) is 0. The maximum atomic E-state index is 9.89. The van der Waals surface area contributed by atoms with Gasteiger partial charge in [0.25, 0.3) is 0 Å². The van der Waals surface area contributed by atoms with Crippen LogP contribution in [0.5, 0.6) is 0 Å². The standard InChI is InChI=1S/2C2HI3O2.Ba/c2*3-2(4,5)1(6)7;/h2*(H,6,7);/q;;+2/p-2. The van der Waals surface area contributed by atoms with Gasteiger partial charge in [-0.2, -0.15) is 0 Å². The van der Waals surface area contributed by atoms with E-state index in [4.69, 9.17) is 0 Å². The first-order valence-electron chi connectivity index (χ1n) is 2.45. The molecule has 4 nitrogen and oxygen atoms in total. The van der Waals surface area contributed by atoms with Crippen LogP contribution >= 0.6 is 136 Å². The van der Waals surface area contributed by atoms with E-state index in [2.05, 4.69) is 0 Å². The maximum Gasteiger partial charge on any atom is 2.00 e. The molecule has 11 heteroatoms. The third-order valence-electron chi connectivity index (χ3n) is 0.463. The van der Waals surface area contributed by atoms with Crippen molar-refractivity contribution in [2.24, 2.45) is 0 Å². The topological polar surface area (TPSA) is 80.3 Å². The molecule has 84 valence electrons. The van der Waals surface area contributed by atoms with Crippen molar-refractivity contribution >= 4 is 196 Å². The molecule has 0 aromatic heterocycles. The van der Waals surface area contributed by atoms with Gasteiger partial charge in [-0.3, -0.25) is 0 Å². The minimum atomic E-state index is -1.05. The Morgan fingerprint density at radius 1 is 0.733 bits per heavy atom. The van der Waals surface area contributed by atoms with Crippen molar-refractivity contribution in [1.29, 1.82) is 0 Å². The molecule has 0 amide bonds. The number of carbonyl (C=O) groups is 2. The number of hydrogen-bond acceptors (Lipinski definition) is 4. The van der Waals surface area contributed by atoms with Gasteiger partial charge in [-0.05, 0) is 136 Å². The van der Waals surface area contributed by atoms with Crippen LogP contribution in [0.4, 0.5) is 0 Å². The van der Waals surface area contributed by atoms with Crippen molar-refractivity contribution in [3.8, 4) is 0 Å². The number of carboxylic acid groups (broad SMARTS) is 2. The van der Waals surface area contributed by atoms with Crippen molar-refractivity contribution in [2.45, 2.75) is -1.13 Å². The molecule has 0 saturated heterocycles. The van der Waals surface area contributed by atoms with Gasteiger partial charge in [0, 0.05) is 0 Å². The number of halogens is 6. The molecule has 0 aliphatic carbocycles. The largest absolute Gasteiger partial charge is 2.00 e. The zero-order valence-electron chi connectivity index (χ0n) is 6.61.